The first-order chi connectivity index (χ1) is 11.7. The summed E-state index contributed by atoms with van der Waals surface area (Å²) in [4.78, 5) is 12.6. The third-order valence-corrected chi connectivity index (χ3v) is 4.27. The number of ether oxygens (including phenoxy) is 2. The van der Waals surface area contributed by atoms with Gasteiger partial charge in [-0.25, -0.2) is 4.39 Å². The van der Waals surface area contributed by atoms with Gasteiger partial charge >= 0.3 is 0 Å². The Hall–Kier alpha value is -2.31. The molecular formula is C18H18ClFN2O3. The SMILES string of the molecule is Cl.O=C(Nc1ccc2c(c1F)CCNC2)c1cccc2c1OCCO2. The van der Waals surface area contributed by atoms with Crippen LogP contribution >= 0.6 is 12.4 Å². The highest BCUT2D eigenvalue weighted by Gasteiger charge is 2.22. The average Bonchev–Trinajstić information content (AvgIpc) is 2.63. The Balaban J connectivity index is 0.00000182. The summed E-state index contributed by atoms with van der Waals surface area (Å²) in [7, 11) is 0. The van der Waals surface area contributed by atoms with E-state index in [-0.39, 0.29) is 23.9 Å². The number of nitrogens with one attached hydrogen (secondary N) is 2. The molecule has 0 aromatic heterocycles. The summed E-state index contributed by atoms with van der Waals surface area (Å²) in [6.45, 7) is 2.22. The zero-order valence-corrected chi connectivity index (χ0v) is 14.2. The van der Waals surface area contributed by atoms with Gasteiger partial charge in [0.1, 0.15) is 19.0 Å². The summed E-state index contributed by atoms with van der Waals surface area (Å²) in [6, 6.07) is 8.56. The number of carbonyl (C=O) groups excluding carboxylic acids is 1. The highest BCUT2D eigenvalue weighted by Crippen LogP contribution is 2.34. The van der Waals surface area contributed by atoms with Crippen molar-refractivity contribution in [2.45, 2.75) is 13.0 Å². The maximum absolute atomic E-state index is 14.7. The largest absolute Gasteiger partial charge is 0.486 e. The molecule has 1 amide bonds. The van der Waals surface area contributed by atoms with Crippen LogP contribution in [0.3, 0.4) is 0 Å². The van der Waals surface area contributed by atoms with E-state index in [9.17, 15) is 9.18 Å². The zero-order valence-electron chi connectivity index (χ0n) is 13.4. The lowest BCUT2D eigenvalue weighted by atomic mass is 9.99. The molecule has 132 valence electrons. The van der Waals surface area contributed by atoms with Crippen LogP contribution in [0.15, 0.2) is 30.3 Å². The van der Waals surface area contributed by atoms with Gasteiger partial charge in [0.2, 0.25) is 0 Å². The van der Waals surface area contributed by atoms with Crippen molar-refractivity contribution in [3.63, 3.8) is 0 Å². The first kappa shape index (κ1) is 17.5. The molecule has 0 fully saturated rings. The average molecular weight is 365 g/mol. The minimum Gasteiger partial charge on any atom is -0.486 e. The molecule has 2 aliphatic heterocycles. The van der Waals surface area contributed by atoms with Crippen LogP contribution in [-0.4, -0.2) is 25.7 Å². The molecule has 2 aromatic rings. The molecular weight excluding hydrogens is 347 g/mol. The van der Waals surface area contributed by atoms with E-state index in [1.54, 1.807) is 24.3 Å². The third kappa shape index (κ3) is 3.27. The van der Waals surface area contributed by atoms with Gasteiger partial charge in [0.25, 0.3) is 5.91 Å². The maximum atomic E-state index is 14.7. The molecule has 0 unspecified atom stereocenters. The smallest absolute Gasteiger partial charge is 0.259 e. The van der Waals surface area contributed by atoms with E-state index in [0.717, 1.165) is 12.1 Å². The van der Waals surface area contributed by atoms with Crippen molar-refractivity contribution in [3.05, 3.63) is 52.8 Å². The molecule has 5 nitrogen and oxygen atoms in total. The lowest BCUT2D eigenvalue weighted by Gasteiger charge is -2.21. The maximum Gasteiger partial charge on any atom is 0.259 e. The molecule has 25 heavy (non-hydrogen) atoms. The normalized spacial score (nSPS) is 14.9. The Morgan fingerprint density at radius 2 is 2.00 bits per heavy atom. The molecule has 0 bridgehead atoms. The van der Waals surface area contributed by atoms with Crippen molar-refractivity contribution in [1.82, 2.24) is 5.32 Å². The summed E-state index contributed by atoms with van der Waals surface area (Å²) in [5.41, 5.74) is 2.13. The number of amides is 1. The minimum atomic E-state index is -0.412. The van der Waals surface area contributed by atoms with E-state index in [1.165, 1.54) is 0 Å². The van der Waals surface area contributed by atoms with Gasteiger partial charge in [-0.2, -0.15) is 0 Å². The second kappa shape index (κ2) is 7.29. The number of para-hydroxylation sites is 1. The fraction of sp³-hybridized carbons (Fsp3) is 0.278. The van der Waals surface area contributed by atoms with Crippen LogP contribution in [0.25, 0.3) is 0 Å². The van der Waals surface area contributed by atoms with E-state index in [4.69, 9.17) is 9.47 Å². The van der Waals surface area contributed by atoms with Crippen LogP contribution < -0.4 is 20.1 Å². The number of anilines is 1. The second-order valence-corrected chi connectivity index (χ2v) is 5.78. The molecule has 0 saturated heterocycles. The Morgan fingerprint density at radius 3 is 2.88 bits per heavy atom. The third-order valence-electron chi connectivity index (χ3n) is 4.27. The van der Waals surface area contributed by atoms with Crippen molar-refractivity contribution >= 4 is 24.0 Å². The van der Waals surface area contributed by atoms with Crippen molar-refractivity contribution in [3.8, 4) is 11.5 Å². The molecule has 7 heteroatoms. The number of benzene rings is 2. The van der Waals surface area contributed by atoms with Gasteiger partial charge in [0.15, 0.2) is 11.5 Å². The van der Waals surface area contributed by atoms with Crippen LogP contribution in [0.2, 0.25) is 0 Å². The second-order valence-electron chi connectivity index (χ2n) is 5.78. The Morgan fingerprint density at radius 1 is 1.16 bits per heavy atom. The zero-order chi connectivity index (χ0) is 16.5. The fourth-order valence-corrected chi connectivity index (χ4v) is 3.07. The highest BCUT2D eigenvalue weighted by molar-refractivity contribution is 6.06. The summed E-state index contributed by atoms with van der Waals surface area (Å²) in [5, 5.41) is 5.86. The van der Waals surface area contributed by atoms with Gasteiger partial charge in [-0.15, -0.1) is 12.4 Å². The summed E-state index contributed by atoms with van der Waals surface area (Å²) in [6.07, 6.45) is 0.614. The summed E-state index contributed by atoms with van der Waals surface area (Å²) < 4.78 is 25.7. The predicted molar refractivity (Wildman–Crippen MR) is 94.4 cm³/mol. The van der Waals surface area contributed by atoms with Crippen LogP contribution in [0, 0.1) is 5.82 Å². The molecule has 2 N–H and O–H groups in total. The molecule has 2 aliphatic rings. The first-order valence-electron chi connectivity index (χ1n) is 7.95. The molecule has 0 spiro atoms. The van der Waals surface area contributed by atoms with E-state index < -0.39 is 5.91 Å². The molecule has 0 aliphatic carbocycles. The van der Waals surface area contributed by atoms with Gasteiger partial charge in [-0.05, 0) is 42.3 Å². The van der Waals surface area contributed by atoms with Gasteiger partial charge in [-0.1, -0.05) is 12.1 Å². The van der Waals surface area contributed by atoms with Crippen molar-refractivity contribution < 1.29 is 18.7 Å². The lowest BCUT2D eigenvalue weighted by Crippen LogP contribution is -2.25. The minimum absolute atomic E-state index is 0. The molecule has 4 rings (SSSR count). The van der Waals surface area contributed by atoms with Crippen molar-refractivity contribution in [1.29, 1.82) is 0 Å². The summed E-state index contributed by atoms with van der Waals surface area (Å²) in [5.74, 6) is 0.171. The van der Waals surface area contributed by atoms with Crippen molar-refractivity contribution in [2.24, 2.45) is 0 Å². The Labute approximate surface area is 150 Å². The molecule has 0 saturated carbocycles. The van der Waals surface area contributed by atoms with Crippen LogP contribution in [0.1, 0.15) is 21.5 Å². The van der Waals surface area contributed by atoms with Gasteiger partial charge in [-0.3, -0.25) is 4.79 Å². The molecule has 2 aromatic carbocycles. The Kier molecular flexibility index (Phi) is 5.11. The van der Waals surface area contributed by atoms with Gasteiger partial charge < -0.3 is 20.1 Å². The quantitative estimate of drug-likeness (QED) is 0.860. The number of hydrogen-bond donors (Lipinski definition) is 2. The van der Waals surface area contributed by atoms with Crippen molar-refractivity contribution in [2.75, 3.05) is 25.1 Å². The standard InChI is InChI=1S/C18H17FN2O3.ClH/c19-16-12-6-7-20-10-11(12)4-5-14(16)21-18(22)13-2-1-3-15-17(13)24-9-8-23-15;/h1-5,20H,6-10H2,(H,21,22);1H. The summed E-state index contributed by atoms with van der Waals surface area (Å²) >= 11 is 0. The van der Waals surface area contributed by atoms with Crippen LogP contribution in [0.5, 0.6) is 11.5 Å². The molecule has 0 atom stereocenters. The molecule has 2 heterocycles. The lowest BCUT2D eigenvalue weighted by molar-refractivity contribution is 0.101. The van der Waals surface area contributed by atoms with E-state index in [2.05, 4.69) is 10.6 Å². The van der Waals surface area contributed by atoms with Gasteiger partial charge in [0.05, 0.1) is 11.3 Å². The van der Waals surface area contributed by atoms with E-state index >= 15 is 0 Å². The number of halogens is 2. The van der Waals surface area contributed by atoms with Gasteiger partial charge in [0, 0.05) is 6.54 Å². The number of rotatable bonds is 2. The fourth-order valence-electron chi connectivity index (χ4n) is 3.07. The number of fused-ring (bicyclic) bond motifs is 2. The Bertz CT molecular complexity index is 813. The van der Waals surface area contributed by atoms with E-state index in [1.807, 2.05) is 6.07 Å². The highest BCUT2D eigenvalue weighted by atomic mass is 35.5. The predicted octanol–water partition coefficient (Wildman–Crippen LogP) is 2.92. The van der Waals surface area contributed by atoms with E-state index in [0.29, 0.717) is 48.8 Å². The number of hydrogen-bond acceptors (Lipinski definition) is 4. The monoisotopic (exact) mass is 364 g/mol. The molecule has 0 radical (unpaired) electrons. The van der Waals surface area contributed by atoms with Crippen LogP contribution in [0.4, 0.5) is 10.1 Å². The van der Waals surface area contributed by atoms with Crippen LogP contribution in [-0.2, 0) is 13.0 Å². The topological polar surface area (TPSA) is 59.6 Å². The number of carbonyl (C=O) groups is 1. The first-order valence-corrected chi connectivity index (χ1v) is 7.95.